The van der Waals surface area contributed by atoms with Crippen LogP contribution in [0.5, 0.6) is 5.75 Å². The second-order valence-electron chi connectivity index (χ2n) is 6.78. The molecule has 0 aliphatic heterocycles. The first-order valence-corrected chi connectivity index (χ1v) is 11.0. The zero-order valence-electron chi connectivity index (χ0n) is 16.8. The van der Waals surface area contributed by atoms with E-state index in [1.54, 1.807) is 19.2 Å². The molecule has 0 aromatic heterocycles. The number of hydrogen-bond acceptors (Lipinski definition) is 4. The smallest absolute Gasteiger partial charge is 0.251 e. The van der Waals surface area contributed by atoms with Crippen LogP contribution in [-0.4, -0.2) is 21.4 Å². The Bertz CT molecular complexity index is 1110. The number of hydrogen-bond donors (Lipinski definition) is 2. The van der Waals surface area contributed by atoms with Gasteiger partial charge >= 0.3 is 0 Å². The van der Waals surface area contributed by atoms with Gasteiger partial charge in [0.2, 0.25) is 10.0 Å². The number of carbonyl (C=O) groups excluding carboxylic acids is 1. The molecule has 0 spiro atoms. The number of methoxy groups -OCH3 is 1. The molecule has 3 aromatic rings. The van der Waals surface area contributed by atoms with Gasteiger partial charge in [0.15, 0.2) is 0 Å². The third-order valence-electron chi connectivity index (χ3n) is 4.67. The minimum Gasteiger partial charge on any atom is -0.496 e. The van der Waals surface area contributed by atoms with Gasteiger partial charge in [-0.05, 0) is 36.8 Å². The molecule has 6 nitrogen and oxygen atoms in total. The van der Waals surface area contributed by atoms with E-state index in [4.69, 9.17) is 4.74 Å². The lowest BCUT2D eigenvalue weighted by molar-refractivity contribution is 0.0939. The third-order valence-corrected chi connectivity index (χ3v) is 6.07. The predicted molar refractivity (Wildman–Crippen MR) is 116 cm³/mol. The van der Waals surface area contributed by atoms with E-state index in [-0.39, 0.29) is 29.0 Å². The number of benzene rings is 3. The van der Waals surface area contributed by atoms with Gasteiger partial charge < -0.3 is 10.1 Å². The summed E-state index contributed by atoms with van der Waals surface area (Å²) in [6.45, 7) is 2.02. The van der Waals surface area contributed by atoms with Crippen molar-refractivity contribution >= 4 is 15.9 Å². The largest absolute Gasteiger partial charge is 0.496 e. The molecule has 0 aliphatic rings. The van der Waals surface area contributed by atoms with Crippen LogP contribution in [0.1, 0.15) is 34.5 Å². The van der Waals surface area contributed by atoms with Crippen LogP contribution in [-0.2, 0) is 16.6 Å². The van der Waals surface area contributed by atoms with Crippen molar-refractivity contribution < 1.29 is 17.9 Å². The number of para-hydroxylation sites is 1. The molecule has 3 rings (SSSR count). The quantitative estimate of drug-likeness (QED) is 0.578. The highest BCUT2D eigenvalue weighted by Gasteiger charge is 2.18. The Morgan fingerprint density at radius 2 is 1.67 bits per heavy atom. The van der Waals surface area contributed by atoms with Crippen LogP contribution < -0.4 is 14.8 Å². The molecule has 0 heterocycles. The molecule has 0 bridgehead atoms. The Balaban J connectivity index is 1.73. The average molecular weight is 425 g/mol. The zero-order chi connectivity index (χ0) is 21.6. The van der Waals surface area contributed by atoms with Crippen molar-refractivity contribution in [3.63, 3.8) is 0 Å². The molecular formula is C23H24N2O4S. The molecule has 7 heteroatoms. The van der Waals surface area contributed by atoms with E-state index in [1.807, 2.05) is 61.5 Å². The van der Waals surface area contributed by atoms with Crippen molar-refractivity contribution in [1.29, 1.82) is 0 Å². The van der Waals surface area contributed by atoms with Crippen LogP contribution in [0, 0.1) is 0 Å². The summed E-state index contributed by atoms with van der Waals surface area (Å²) in [5, 5.41) is 2.89. The fraction of sp³-hybridized carbons (Fsp3) is 0.174. The van der Waals surface area contributed by atoms with Gasteiger partial charge in [-0.2, -0.15) is 0 Å². The minimum atomic E-state index is -3.76. The summed E-state index contributed by atoms with van der Waals surface area (Å²) in [6, 6.07) is 22.3. The van der Waals surface area contributed by atoms with Gasteiger partial charge in [0.25, 0.3) is 5.91 Å². The van der Waals surface area contributed by atoms with Gasteiger partial charge in [0, 0.05) is 17.7 Å². The molecule has 1 amide bonds. The molecule has 0 aliphatic carbocycles. The lowest BCUT2D eigenvalue weighted by Gasteiger charge is -2.17. The van der Waals surface area contributed by atoms with Crippen LogP contribution in [0.4, 0.5) is 0 Å². The van der Waals surface area contributed by atoms with Gasteiger partial charge in [-0.1, -0.05) is 54.6 Å². The summed E-state index contributed by atoms with van der Waals surface area (Å²) in [6.07, 6.45) is 0. The van der Waals surface area contributed by atoms with Gasteiger partial charge in [-0.3, -0.25) is 4.79 Å². The first kappa shape index (κ1) is 21.5. The Morgan fingerprint density at radius 1 is 0.967 bits per heavy atom. The summed E-state index contributed by atoms with van der Waals surface area (Å²) in [4.78, 5) is 12.8. The van der Waals surface area contributed by atoms with E-state index in [9.17, 15) is 13.2 Å². The molecule has 30 heavy (non-hydrogen) atoms. The SMILES string of the molecule is COc1ccccc1[C@@H](C)NC(=O)c1cccc(S(=O)(=O)NCc2ccccc2)c1. The number of nitrogens with one attached hydrogen (secondary N) is 2. The Kier molecular flexibility index (Phi) is 6.87. The third kappa shape index (κ3) is 5.25. The lowest BCUT2D eigenvalue weighted by atomic mass is 10.1. The summed E-state index contributed by atoms with van der Waals surface area (Å²) >= 11 is 0. The Morgan fingerprint density at radius 3 is 2.40 bits per heavy atom. The molecule has 3 aromatic carbocycles. The van der Waals surface area contributed by atoms with Gasteiger partial charge in [-0.25, -0.2) is 13.1 Å². The standard InChI is InChI=1S/C23H24N2O4S/c1-17(21-13-6-7-14-22(21)29-2)25-23(26)19-11-8-12-20(15-19)30(27,28)24-16-18-9-4-3-5-10-18/h3-15,17,24H,16H2,1-2H3,(H,25,26)/t17-/m1/s1. The molecule has 0 unspecified atom stereocenters. The van der Waals surface area contributed by atoms with Crippen molar-refractivity contribution in [2.75, 3.05) is 7.11 Å². The van der Waals surface area contributed by atoms with Crippen molar-refractivity contribution in [2.24, 2.45) is 0 Å². The zero-order valence-corrected chi connectivity index (χ0v) is 17.6. The maximum Gasteiger partial charge on any atom is 0.251 e. The minimum absolute atomic E-state index is 0.0380. The highest BCUT2D eigenvalue weighted by molar-refractivity contribution is 7.89. The second kappa shape index (κ2) is 9.56. The van der Waals surface area contributed by atoms with Gasteiger partial charge in [-0.15, -0.1) is 0 Å². The monoisotopic (exact) mass is 424 g/mol. The number of carbonyl (C=O) groups is 1. The van der Waals surface area contributed by atoms with Crippen LogP contribution in [0.25, 0.3) is 0 Å². The summed E-state index contributed by atoms with van der Waals surface area (Å²) < 4.78 is 33.2. The van der Waals surface area contributed by atoms with E-state index < -0.39 is 10.0 Å². The topological polar surface area (TPSA) is 84.5 Å². The second-order valence-corrected chi connectivity index (χ2v) is 8.54. The van der Waals surface area contributed by atoms with Crippen molar-refractivity contribution in [2.45, 2.75) is 24.4 Å². The maximum absolute atomic E-state index is 12.7. The number of sulfonamides is 1. The molecule has 1 atom stereocenters. The summed E-state index contributed by atoms with van der Waals surface area (Å²) in [5.74, 6) is 0.306. The summed E-state index contributed by atoms with van der Waals surface area (Å²) in [5.41, 5.74) is 1.95. The van der Waals surface area contributed by atoms with Gasteiger partial charge in [0.1, 0.15) is 5.75 Å². The molecule has 156 valence electrons. The van der Waals surface area contributed by atoms with Crippen LogP contribution in [0.15, 0.2) is 83.8 Å². The highest BCUT2D eigenvalue weighted by Crippen LogP contribution is 2.24. The van der Waals surface area contributed by atoms with E-state index in [0.717, 1.165) is 11.1 Å². The van der Waals surface area contributed by atoms with Crippen LogP contribution in [0.2, 0.25) is 0 Å². The Hall–Kier alpha value is -3.16. The van der Waals surface area contributed by atoms with Gasteiger partial charge in [0.05, 0.1) is 18.0 Å². The fourth-order valence-corrected chi connectivity index (χ4v) is 4.11. The van der Waals surface area contributed by atoms with Crippen molar-refractivity contribution in [3.05, 3.63) is 95.6 Å². The Labute approximate surface area is 177 Å². The fourth-order valence-electron chi connectivity index (χ4n) is 3.04. The number of rotatable bonds is 8. The van der Waals surface area contributed by atoms with Crippen LogP contribution >= 0.6 is 0 Å². The molecule has 0 saturated heterocycles. The molecule has 0 saturated carbocycles. The molecule has 2 N–H and O–H groups in total. The molecule has 0 radical (unpaired) electrons. The van der Waals surface area contributed by atoms with Crippen molar-refractivity contribution in [1.82, 2.24) is 10.0 Å². The summed E-state index contributed by atoms with van der Waals surface area (Å²) in [7, 11) is -2.18. The van der Waals surface area contributed by atoms with E-state index >= 15 is 0 Å². The normalized spacial score (nSPS) is 12.2. The van der Waals surface area contributed by atoms with Crippen molar-refractivity contribution in [3.8, 4) is 5.75 Å². The van der Waals surface area contributed by atoms with E-state index in [0.29, 0.717) is 5.75 Å². The number of ether oxygens (including phenoxy) is 1. The van der Waals surface area contributed by atoms with Crippen LogP contribution in [0.3, 0.4) is 0 Å². The average Bonchev–Trinajstić information content (AvgIpc) is 2.78. The molecule has 0 fully saturated rings. The number of amides is 1. The maximum atomic E-state index is 12.7. The first-order chi connectivity index (χ1) is 14.4. The highest BCUT2D eigenvalue weighted by atomic mass is 32.2. The predicted octanol–water partition coefficient (Wildman–Crippen LogP) is 3.66. The molecular weight excluding hydrogens is 400 g/mol. The lowest BCUT2D eigenvalue weighted by Crippen LogP contribution is -2.28. The van der Waals surface area contributed by atoms with E-state index in [2.05, 4.69) is 10.0 Å². The first-order valence-electron chi connectivity index (χ1n) is 9.48. The van der Waals surface area contributed by atoms with E-state index in [1.165, 1.54) is 12.1 Å².